The average Bonchev–Trinajstić information content (AvgIpc) is 2.56. The summed E-state index contributed by atoms with van der Waals surface area (Å²) in [6, 6.07) is 14.2. The van der Waals surface area contributed by atoms with Crippen molar-refractivity contribution in [3.63, 3.8) is 0 Å². The molecule has 0 amide bonds. The van der Waals surface area contributed by atoms with Crippen molar-refractivity contribution in [3.05, 3.63) is 65.0 Å². The molecule has 2 atom stereocenters. The van der Waals surface area contributed by atoms with Gasteiger partial charge in [-0.15, -0.1) is 0 Å². The first-order chi connectivity index (χ1) is 10.7. The highest BCUT2D eigenvalue weighted by Gasteiger charge is 2.25. The largest absolute Gasteiger partial charge is 0.490 e. The monoisotopic (exact) mass is 299 g/mol. The second-order valence-corrected chi connectivity index (χ2v) is 5.83. The molecular weight excluding hydrogens is 277 g/mol. The van der Waals surface area contributed by atoms with Gasteiger partial charge in [-0.05, 0) is 30.5 Å². The summed E-state index contributed by atoms with van der Waals surface area (Å²) in [5, 5.41) is 3.61. The normalized spacial score (nSPS) is 18.4. The lowest BCUT2D eigenvalue weighted by atomic mass is 9.97. The Morgan fingerprint density at radius 2 is 2.00 bits per heavy atom. The molecule has 0 fully saturated rings. The van der Waals surface area contributed by atoms with Gasteiger partial charge in [0.1, 0.15) is 0 Å². The molecule has 0 saturated heterocycles. The first kappa shape index (κ1) is 15.0. The van der Waals surface area contributed by atoms with E-state index >= 15 is 0 Å². The van der Waals surface area contributed by atoms with Gasteiger partial charge in [0, 0.05) is 24.1 Å². The maximum absolute atomic E-state index is 13.8. The summed E-state index contributed by atoms with van der Waals surface area (Å²) >= 11 is 0. The molecule has 0 spiro atoms. The zero-order chi connectivity index (χ0) is 15.5. The van der Waals surface area contributed by atoms with Crippen LogP contribution < -0.4 is 10.1 Å². The number of benzene rings is 2. The fourth-order valence-corrected chi connectivity index (χ4v) is 3.00. The van der Waals surface area contributed by atoms with Crippen molar-refractivity contribution in [2.24, 2.45) is 0 Å². The van der Waals surface area contributed by atoms with Crippen LogP contribution >= 0.6 is 0 Å². The number of aryl methyl sites for hydroxylation is 1. The molecule has 1 N–H and O–H groups in total. The molecule has 22 heavy (non-hydrogen) atoms. The number of nitrogens with one attached hydrogen (secondary N) is 1. The summed E-state index contributed by atoms with van der Waals surface area (Å²) in [4.78, 5) is 0. The lowest BCUT2D eigenvalue weighted by Crippen LogP contribution is -2.29. The Morgan fingerprint density at radius 1 is 1.23 bits per heavy atom. The van der Waals surface area contributed by atoms with Crippen LogP contribution in [0.25, 0.3) is 0 Å². The third-order valence-electron chi connectivity index (χ3n) is 4.36. The van der Waals surface area contributed by atoms with Gasteiger partial charge in [-0.1, -0.05) is 43.3 Å². The minimum atomic E-state index is -0.274. The van der Waals surface area contributed by atoms with Gasteiger partial charge in [-0.25, -0.2) is 4.39 Å². The Hall–Kier alpha value is -1.87. The number of ether oxygens (including phenoxy) is 1. The standard InChI is InChI=1S/C19H22FNO/c1-3-14-7-9-15(10-8-14)13(2)21-18-11-12-22-19-16(18)5-4-6-17(19)20/h4-10,13,18,21H,3,11-12H2,1-2H3/t13-,18-/m0/s1. The average molecular weight is 299 g/mol. The molecule has 0 saturated carbocycles. The number of para-hydroxylation sites is 1. The molecule has 3 rings (SSSR count). The zero-order valence-electron chi connectivity index (χ0n) is 13.1. The van der Waals surface area contributed by atoms with Gasteiger partial charge in [0.2, 0.25) is 0 Å². The molecule has 0 aliphatic carbocycles. The smallest absolute Gasteiger partial charge is 0.165 e. The van der Waals surface area contributed by atoms with Crippen LogP contribution in [0.2, 0.25) is 0 Å². The molecule has 116 valence electrons. The van der Waals surface area contributed by atoms with Gasteiger partial charge < -0.3 is 10.1 Å². The Labute approximate surface area is 131 Å². The van der Waals surface area contributed by atoms with E-state index < -0.39 is 0 Å². The summed E-state index contributed by atoms with van der Waals surface area (Å²) in [6.45, 7) is 4.85. The molecule has 0 bridgehead atoms. The quantitative estimate of drug-likeness (QED) is 0.893. The number of rotatable bonds is 4. The van der Waals surface area contributed by atoms with E-state index in [1.165, 1.54) is 17.2 Å². The number of fused-ring (bicyclic) bond motifs is 1. The van der Waals surface area contributed by atoms with Crippen molar-refractivity contribution < 1.29 is 9.13 Å². The van der Waals surface area contributed by atoms with Crippen molar-refractivity contribution in [3.8, 4) is 5.75 Å². The molecule has 0 aromatic heterocycles. The topological polar surface area (TPSA) is 21.3 Å². The third-order valence-corrected chi connectivity index (χ3v) is 4.36. The number of halogens is 1. The van der Waals surface area contributed by atoms with Crippen LogP contribution in [0.1, 0.15) is 49.0 Å². The lowest BCUT2D eigenvalue weighted by molar-refractivity contribution is 0.235. The first-order valence-electron chi connectivity index (χ1n) is 7.95. The van der Waals surface area contributed by atoms with Gasteiger partial charge in [0.05, 0.1) is 6.61 Å². The van der Waals surface area contributed by atoms with Gasteiger partial charge >= 0.3 is 0 Å². The molecule has 0 radical (unpaired) electrons. The van der Waals surface area contributed by atoms with E-state index in [1.807, 2.05) is 6.07 Å². The molecule has 2 nitrogen and oxygen atoms in total. The number of hydrogen-bond acceptors (Lipinski definition) is 2. The fraction of sp³-hybridized carbons (Fsp3) is 0.368. The Bertz CT molecular complexity index is 638. The highest BCUT2D eigenvalue weighted by Crippen LogP contribution is 2.35. The summed E-state index contributed by atoms with van der Waals surface area (Å²) in [7, 11) is 0. The van der Waals surface area contributed by atoms with Crippen LogP contribution in [-0.2, 0) is 6.42 Å². The molecule has 3 heteroatoms. The Morgan fingerprint density at radius 3 is 2.73 bits per heavy atom. The van der Waals surface area contributed by atoms with Crippen LogP contribution in [-0.4, -0.2) is 6.61 Å². The maximum atomic E-state index is 13.8. The molecule has 0 unspecified atom stereocenters. The van der Waals surface area contributed by atoms with Crippen molar-refractivity contribution >= 4 is 0 Å². The van der Waals surface area contributed by atoms with E-state index in [9.17, 15) is 4.39 Å². The van der Waals surface area contributed by atoms with Crippen LogP contribution in [0.5, 0.6) is 5.75 Å². The van der Waals surface area contributed by atoms with Crippen molar-refractivity contribution in [1.82, 2.24) is 5.32 Å². The highest BCUT2D eigenvalue weighted by molar-refractivity contribution is 5.39. The van der Waals surface area contributed by atoms with E-state index in [2.05, 4.69) is 43.4 Å². The molecule has 2 aromatic rings. The molecule has 1 aliphatic heterocycles. The summed E-state index contributed by atoms with van der Waals surface area (Å²) in [6.07, 6.45) is 1.91. The van der Waals surface area contributed by atoms with E-state index in [1.54, 1.807) is 6.07 Å². The first-order valence-corrected chi connectivity index (χ1v) is 7.95. The second kappa shape index (κ2) is 6.49. The molecule has 1 heterocycles. The van der Waals surface area contributed by atoms with Gasteiger partial charge in [-0.2, -0.15) is 0 Å². The van der Waals surface area contributed by atoms with Crippen molar-refractivity contribution in [2.75, 3.05) is 6.61 Å². The SMILES string of the molecule is CCc1ccc([C@H](C)N[C@H]2CCOc3c(F)cccc32)cc1. The third kappa shape index (κ3) is 3.00. The molecule has 2 aromatic carbocycles. The second-order valence-electron chi connectivity index (χ2n) is 5.83. The van der Waals surface area contributed by atoms with E-state index in [0.717, 1.165) is 18.4 Å². The minimum Gasteiger partial charge on any atom is -0.490 e. The predicted molar refractivity (Wildman–Crippen MR) is 86.6 cm³/mol. The van der Waals surface area contributed by atoms with Crippen LogP contribution in [0.15, 0.2) is 42.5 Å². The van der Waals surface area contributed by atoms with Gasteiger partial charge in [0.25, 0.3) is 0 Å². The van der Waals surface area contributed by atoms with Gasteiger partial charge in [-0.3, -0.25) is 0 Å². The summed E-state index contributed by atoms with van der Waals surface area (Å²) in [5.74, 6) is 0.128. The Balaban J connectivity index is 1.77. The highest BCUT2D eigenvalue weighted by atomic mass is 19.1. The lowest BCUT2D eigenvalue weighted by Gasteiger charge is -2.29. The predicted octanol–water partition coefficient (Wildman–Crippen LogP) is 4.56. The summed E-state index contributed by atoms with van der Waals surface area (Å²) < 4.78 is 19.3. The van der Waals surface area contributed by atoms with Crippen LogP contribution in [0.3, 0.4) is 0 Å². The molecular formula is C19H22FNO. The van der Waals surface area contributed by atoms with E-state index in [0.29, 0.717) is 12.4 Å². The van der Waals surface area contributed by atoms with Crippen LogP contribution in [0, 0.1) is 5.82 Å². The zero-order valence-corrected chi connectivity index (χ0v) is 13.1. The fourth-order valence-electron chi connectivity index (χ4n) is 3.00. The summed E-state index contributed by atoms with van der Waals surface area (Å²) in [5.41, 5.74) is 3.51. The Kier molecular flexibility index (Phi) is 4.44. The maximum Gasteiger partial charge on any atom is 0.165 e. The van der Waals surface area contributed by atoms with Crippen LogP contribution in [0.4, 0.5) is 4.39 Å². The number of hydrogen-bond donors (Lipinski definition) is 1. The van der Waals surface area contributed by atoms with E-state index in [-0.39, 0.29) is 17.9 Å². The minimum absolute atomic E-state index is 0.125. The van der Waals surface area contributed by atoms with Crippen molar-refractivity contribution in [2.45, 2.75) is 38.8 Å². The van der Waals surface area contributed by atoms with Gasteiger partial charge in [0.15, 0.2) is 11.6 Å². The van der Waals surface area contributed by atoms with Crippen molar-refractivity contribution in [1.29, 1.82) is 0 Å². The van der Waals surface area contributed by atoms with E-state index in [4.69, 9.17) is 4.74 Å². The molecule has 1 aliphatic rings.